The number of piperidine rings is 1. The molecule has 1 aliphatic rings. The van der Waals surface area contributed by atoms with E-state index in [0.29, 0.717) is 18.8 Å². The van der Waals surface area contributed by atoms with Gasteiger partial charge in [0, 0.05) is 19.5 Å². The monoisotopic (exact) mass is 283 g/mol. The smallest absolute Gasteiger partial charge is 0.303 e. The van der Waals surface area contributed by atoms with E-state index in [1.165, 1.54) is 6.20 Å². The van der Waals surface area contributed by atoms with Crippen molar-refractivity contribution in [2.45, 2.75) is 26.2 Å². The van der Waals surface area contributed by atoms with Crippen LogP contribution >= 0.6 is 11.7 Å². The highest BCUT2D eigenvalue weighted by Crippen LogP contribution is 2.26. The van der Waals surface area contributed by atoms with Gasteiger partial charge < -0.3 is 10.0 Å². The van der Waals surface area contributed by atoms with Crippen LogP contribution in [0.15, 0.2) is 6.20 Å². The Bertz CT molecular complexity index is 449. The molecule has 0 radical (unpaired) electrons. The van der Waals surface area contributed by atoms with E-state index in [0.717, 1.165) is 24.6 Å². The van der Waals surface area contributed by atoms with Crippen LogP contribution in [-0.2, 0) is 4.79 Å². The van der Waals surface area contributed by atoms with Gasteiger partial charge in [-0.15, -0.1) is 0 Å². The summed E-state index contributed by atoms with van der Waals surface area (Å²) in [6, 6.07) is 0. The predicted molar refractivity (Wildman–Crippen MR) is 70.0 cm³/mol. The molecule has 1 amide bonds. The summed E-state index contributed by atoms with van der Waals surface area (Å²) in [5.74, 6) is -0.539. The van der Waals surface area contributed by atoms with Gasteiger partial charge in [0.15, 0.2) is 5.69 Å². The van der Waals surface area contributed by atoms with E-state index >= 15 is 0 Å². The maximum atomic E-state index is 12.2. The first-order valence-corrected chi connectivity index (χ1v) is 7.09. The Morgan fingerprint density at radius 2 is 2.42 bits per heavy atom. The number of likely N-dealkylation sites (tertiary alicyclic amines) is 1. The van der Waals surface area contributed by atoms with E-state index in [2.05, 4.69) is 8.75 Å². The fourth-order valence-electron chi connectivity index (χ4n) is 2.52. The number of carbonyl (C=O) groups excluding carboxylic acids is 1. The van der Waals surface area contributed by atoms with E-state index in [1.807, 2.05) is 6.92 Å². The van der Waals surface area contributed by atoms with E-state index < -0.39 is 5.97 Å². The average molecular weight is 283 g/mol. The van der Waals surface area contributed by atoms with Gasteiger partial charge in [0.05, 0.1) is 17.9 Å². The fourth-order valence-corrected chi connectivity index (χ4v) is 2.93. The molecule has 1 fully saturated rings. The van der Waals surface area contributed by atoms with Crippen molar-refractivity contribution in [2.75, 3.05) is 13.1 Å². The maximum Gasteiger partial charge on any atom is 0.303 e. The highest BCUT2D eigenvalue weighted by atomic mass is 32.1. The molecule has 0 spiro atoms. The Morgan fingerprint density at radius 1 is 1.63 bits per heavy atom. The summed E-state index contributed by atoms with van der Waals surface area (Å²) in [5.41, 5.74) is 0.386. The molecule has 0 aromatic carbocycles. The molecule has 7 heteroatoms. The third-order valence-electron chi connectivity index (χ3n) is 3.63. The van der Waals surface area contributed by atoms with Crippen molar-refractivity contribution in [3.05, 3.63) is 11.9 Å². The minimum absolute atomic E-state index is 0.0849. The molecule has 1 aliphatic heterocycles. The maximum absolute atomic E-state index is 12.2. The van der Waals surface area contributed by atoms with Crippen LogP contribution in [0.3, 0.4) is 0 Å². The average Bonchev–Trinajstić information content (AvgIpc) is 2.91. The normalized spacial score (nSPS) is 21.1. The lowest BCUT2D eigenvalue weighted by Crippen LogP contribution is -2.42. The first kappa shape index (κ1) is 13.9. The second-order valence-corrected chi connectivity index (χ2v) is 5.58. The number of rotatable bonds is 4. The van der Waals surface area contributed by atoms with Gasteiger partial charge in [-0.25, -0.2) is 0 Å². The number of carboxylic acid groups (broad SMARTS) is 1. The lowest BCUT2D eigenvalue weighted by molar-refractivity contribution is -0.138. The van der Waals surface area contributed by atoms with Crippen molar-refractivity contribution < 1.29 is 14.7 Å². The van der Waals surface area contributed by atoms with Crippen LogP contribution in [0, 0.1) is 11.8 Å². The van der Waals surface area contributed by atoms with Gasteiger partial charge in [0.25, 0.3) is 5.91 Å². The quantitative estimate of drug-likeness (QED) is 0.905. The number of carboxylic acids is 1. The zero-order valence-corrected chi connectivity index (χ0v) is 11.6. The molecule has 104 valence electrons. The summed E-state index contributed by atoms with van der Waals surface area (Å²) in [6.45, 7) is 3.27. The Hall–Kier alpha value is -1.50. The molecule has 6 nitrogen and oxygen atoms in total. The highest BCUT2D eigenvalue weighted by molar-refractivity contribution is 6.99. The first-order valence-electron chi connectivity index (χ1n) is 6.36. The zero-order chi connectivity index (χ0) is 13.8. The molecule has 2 heterocycles. The number of amides is 1. The van der Waals surface area contributed by atoms with Crippen molar-refractivity contribution >= 4 is 23.6 Å². The van der Waals surface area contributed by atoms with Crippen LogP contribution < -0.4 is 0 Å². The van der Waals surface area contributed by atoms with Gasteiger partial charge in [-0.05, 0) is 24.7 Å². The summed E-state index contributed by atoms with van der Waals surface area (Å²) in [6.07, 6.45) is 3.54. The van der Waals surface area contributed by atoms with Gasteiger partial charge in [-0.3, -0.25) is 9.59 Å². The summed E-state index contributed by atoms with van der Waals surface area (Å²) in [5, 5.41) is 8.84. The van der Waals surface area contributed by atoms with E-state index in [1.54, 1.807) is 4.90 Å². The molecule has 0 aliphatic carbocycles. The van der Waals surface area contributed by atoms with Gasteiger partial charge >= 0.3 is 5.97 Å². The minimum Gasteiger partial charge on any atom is -0.481 e. The number of hydrogen-bond acceptors (Lipinski definition) is 5. The standard InChI is InChI=1S/C12H17N3O3S/c1-8(5-11(16)17)9-3-2-4-15(7-9)12(18)10-6-13-19-14-10/h6,8-9H,2-5,7H2,1H3,(H,16,17). The Balaban J connectivity index is 1.97. The zero-order valence-electron chi connectivity index (χ0n) is 10.8. The molecule has 1 saturated heterocycles. The summed E-state index contributed by atoms with van der Waals surface area (Å²) < 4.78 is 7.79. The van der Waals surface area contributed by atoms with Crippen LogP contribution in [0.25, 0.3) is 0 Å². The molecule has 19 heavy (non-hydrogen) atoms. The van der Waals surface area contributed by atoms with Crippen LogP contribution in [-0.4, -0.2) is 43.7 Å². The largest absolute Gasteiger partial charge is 0.481 e. The highest BCUT2D eigenvalue weighted by Gasteiger charge is 2.29. The lowest BCUT2D eigenvalue weighted by atomic mass is 9.84. The van der Waals surface area contributed by atoms with Crippen molar-refractivity contribution in [3.63, 3.8) is 0 Å². The molecular formula is C12H17N3O3S. The lowest BCUT2D eigenvalue weighted by Gasteiger charge is -2.35. The van der Waals surface area contributed by atoms with Crippen LogP contribution in [0.5, 0.6) is 0 Å². The molecule has 2 unspecified atom stereocenters. The minimum atomic E-state index is -0.778. The fraction of sp³-hybridized carbons (Fsp3) is 0.667. The topological polar surface area (TPSA) is 83.4 Å². The molecule has 1 aromatic heterocycles. The SMILES string of the molecule is CC(CC(=O)O)C1CCCN(C(=O)c2cnsn2)C1. The molecule has 1 aromatic rings. The van der Waals surface area contributed by atoms with E-state index in [9.17, 15) is 9.59 Å². The number of hydrogen-bond donors (Lipinski definition) is 1. The third kappa shape index (κ3) is 3.50. The summed E-state index contributed by atoms with van der Waals surface area (Å²) in [4.78, 5) is 24.7. The van der Waals surface area contributed by atoms with Gasteiger partial charge in [-0.2, -0.15) is 8.75 Å². The predicted octanol–water partition coefficient (Wildman–Crippen LogP) is 1.50. The Labute approximate surface area is 115 Å². The first-order chi connectivity index (χ1) is 9.08. The van der Waals surface area contributed by atoms with Crippen LogP contribution in [0.1, 0.15) is 36.7 Å². The molecule has 2 rings (SSSR count). The summed E-state index contributed by atoms with van der Waals surface area (Å²) >= 11 is 1.02. The second kappa shape index (κ2) is 6.10. The number of aromatic nitrogens is 2. The van der Waals surface area contributed by atoms with Crippen molar-refractivity contribution in [1.29, 1.82) is 0 Å². The van der Waals surface area contributed by atoms with Gasteiger partial charge in [0.2, 0.25) is 0 Å². The van der Waals surface area contributed by atoms with Crippen LogP contribution in [0.4, 0.5) is 0 Å². The van der Waals surface area contributed by atoms with Crippen molar-refractivity contribution in [2.24, 2.45) is 11.8 Å². The second-order valence-electron chi connectivity index (χ2n) is 5.02. The molecule has 1 N–H and O–H groups in total. The van der Waals surface area contributed by atoms with E-state index in [-0.39, 0.29) is 24.2 Å². The Kier molecular flexibility index (Phi) is 4.47. The molecular weight excluding hydrogens is 266 g/mol. The van der Waals surface area contributed by atoms with Crippen molar-refractivity contribution in [3.8, 4) is 0 Å². The Morgan fingerprint density at radius 3 is 3.05 bits per heavy atom. The van der Waals surface area contributed by atoms with Gasteiger partial charge in [0.1, 0.15) is 0 Å². The molecule has 2 atom stereocenters. The number of nitrogens with zero attached hydrogens (tertiary/aromatic N) is 3. The molecule has 0 bridgehead atoms. The van der Waals surface area contributed by atoms with E-state index in [4.69, 9.17) is 5.11 Å². The number of carbonyl (C=O) groups is 2. The van der Waals surface area contributed by atoms with Gasteiger partial charge in [-0.1, -0.05) is 6.92 Å². The third-order valence-corrected chi connectivity index (χ3v) is 4.10. The van der Waals surface area contributed by atoms with Crippen molar-refractivity contribution in [1.82, 2.24) is 13.6 Å². The van der Waals surface area contributed by atoms with Crippen LogP contribution in [0.2, 0.25) is 0 Å². The summed E-state index contributed by atoms with van der Waals surface area (Å²) in [7, 11) is 0. The molecule has 0 saturated carbocycles. The number of aliphatic carboxylic acids is 1.